The van der Waals surface area contributed by atoms with E-state index in [0.717, 1.165) is 22.6 Å². The summed E-state index contributed by atoms with van der Waals surface area (Å²) in [5.74, 6) is 1.63. The molecule has 0 fully saturated rings. The van der Waals surface area contributed by atoms with E-state index in [1.807, 2.05) is 62.4 Å². The topological polar surface area (TPSA) is 59.6 Å². The molecule has 2 rings (SSSR count). The third kappa shape index (κ3) is 5.19. The Hall–Kier alpha value is -2.69. The van der Waals surface area contributed by atoms with E-state index in [9.17, 15) is 4.79 Å². The quantitative estimate of drug-likeness (QED) is 0.815. The first-order chi connectivity index (χ1) is 11.6. The van der Waals surface area contributed by atoms with Gasteiger partial charge in [-0.05, 0) is 49.2 Å². The number of nitrogens with one attached hydrogen (secondary N) is 2. The van der Waals surface area contributed by atoms with Crippen LogP contribution in [0.1, 0.15) is 31.0 Å². The maximum atomic E-state index is 12.0. The van der Waals surface area contributed by atoms with Gasteiger partial charge in [-0.2, -0.15) is 0 Å². The van der Waals surface area contributed by atoms with Crippen molar-refractivity contribution in [3.8, 4) is 11.5 Å². The van der Waals surface area contributed by atoms with Crippen LogP contribution in [0.2, 0.25) is 0 Å². The normalized spacial score (nSPS) is 11.5. The van der Waals surface area contributed by atoms with Crippen LogP contribution in [0.5, 0.6) is 11.5 Å². The Labute approximate surface area is 143 Å². The number of rotatable bonds is 7. The van der Waals surface area contributed by atoms with E-state index in [-0.39, 0.29) is 12.1 Å². The number of hydrogen-bond acceptors (Lipinski definition) is 3. The second-order valence-electron chi connectivity index (χ2n) is 5.40. The molecule has 128 valence electrons. The highest BCUT2D eigenvalue weighted by Gasteiger charge is 2.09. The van der Waals surface area contributed by atoms with E-state index in [2.05, 4.69) is 10.6 Å². The molecule has 0 aliphatic rings. The fourth-order valence-corrected chi connectivity index (χ4v) is 2.28. The van der Waals surface area contributed by atoms with Gasteiger partial charge in [-0.15, -0.1) is 0 Å². The standard InChI is InChI=1S/C19H24N2O3/c1-4-24-18-11-7-16(8-12-18)14(2)21-19(22)20-13-15-5-9-17(23-3)10-6-15/h5-12,14H,4,13H2,1-3H3,(H2,20,21,22). The molecule has 2 aromatic rings. The van der Waals surface area contributed by atoms with Crippen molar-refractivity contribution in [2.24, 2.45) is 0 Å². The number of carbonyl (C=O) groups is 1. The van der Waals surface area contributed by atoms with Gasteiger partial charge >= 0.3 is 6.03 Å². The zero-order chi connectivity index (χ0) is 17.4. The van der Waals surface area contributed by atoms with Crippen molar-refractivity contribution in [3.63, 3.8) is 0 Å². The van der Waals surface area contributed by atoms with E-state index in [4.69, 9.17) is 9.47 Å². The molecule has 0 heterocycles. The van der Waals surface area contributed by atoms with Crippen LogP contribution in [0, 0.1) is 0 Å². The van der Waals surface area contributed by atoms with Gasteiger partial charge in [0.2, 0.25) is 0 Å². The molecule has 0 aromatic heterocycles. The van der Waals surface area contributed by atoms with Crippen molar-refractivity contribution in [3.05, 3.63) is 59.7 Å². The molecule has 1 atom stereocenters. The second-order valence-corrected chi connectivity index (χ2v) is 5.40. The SMILES string of the molecule is CCOc1ccc(C(C)NC(=O)NCc2ccc(OC)cc2)cc1. The molecule has 2 aromatic carbocycles. The monoisotopic (exact) mass is 328 g/mol. The number of methoxy groups -OCH3 is 1. The Balaban J connectivity index is 1.82. The summed E-state index contributed by atoms with van der Waals surface area (Å²) in [5, 5.41) is 5.78. The zero-order valence-corrected chi connectivity index (χ0v) is 14.3. The van der Waals surface area contributed by atoms with Crippen molar-refractivity contribution in [1.82, 2.24) is 10.6 Å². The number of ether oxygens (including phenoxy) is 2. The Kier molecular flexibility index (Phi) is 6.49. The predicted octanol–water partition coefficient (Wildman–Crippen LogP) is 3.65. The van der Waals surface area contributed by atoms with E-state index in [1.54, 1.807) is 7.11 Å². The molecular formula is C19H24N2O3. The van der Waals surface area contributed by atoms with Gasteiger partial charge in [0.1, 0.15) is 11.5 Å². The van der Waals surface area contributed by atoms with Crippen molar-refractivity contribution in [2.45, 2.75) is 26.4 Å². The zero-order valence-electron chi connectivity index (χ0n) is 14.3. The van der Waals surface area contributed by atoms with Crippen LogP contribution in [-0.2, 0) is 6.54 Å². The summed E-state index contributed by atoms with van der Waals surface area (Å²) < 4.78 is 10.5. The molecule has 5 heteroatoms. The Morgan fingerprint density at radius 2 is 1.67 bits per heavy atom. The number of amides is 2. The summed E-state index contributed by atoms with van der Waals surface area (Å²) in [6.07, 6.45) is 0. The molecule has 0 spiro atoms. The van der Waals surface area contributed by atoms with Gasteiger partial charge in [0.15, 0.2) is 0 Å². The molecule has 0 saturated carbocycles. The minimum absolute atomic E-state index is 0.0865. The van der Waals surface area contributed by atoms with Crippen LogP contribution < -0.4 is 20.1 Å². The van der Waals surface area contributed by atoms with E-state index < -0.39 is 0 Å². The predicted molar refractivity (Wildman–Crippen MR) is 94.4 cm³/mol. The largest absolute Gasteiger partial charge is 0.497 e. The molecule has 0 radical (unpaired) electrons. The lowest BCUT2D eigenvalue weighted by Crippen LogP contribution is -2.36. The molecule has 24 heavy (non-hydrogen) atoms. The fourth-order valence-electron chi connectivity index (χ4n) is 2.28. The number of hydrogen-bond donors (Lipinski definition) is 2. The first-order valence-corrected chi connectivity index (χ1v) is 8.02. The lowest BCUT2D eigenvalue weighted by molar-refractivity contribution is 0.237. The average Bonchev–Trinajstić information content (AvgIpc) is 2.61. The number of urea groups is 1. The molecular weight excluding hydrogens is 304 g/mol. The fraction of sp³-hybridized carbons (Fsp3) is 0.316. The van der Waals surface area contributed by atoms with Crippen LogP contribution in [0.4, 0.5) is 4.79 Å². The first-order valence-electron chi connectivity index (χ1n) is 8.02. The highest BCUT2D eigenvalue weighted by Crippen LogP contribution is 2.17. The van der Waals surface area contributed by atoms with Gasteiger partial charge in [-0.3, -0.25) is 0 Å². The van der Waals surface area contributed by atoms with Crippen LogP contribution in [-0.4, -0.2) is 19.7 Å². The van der Waals surface area contributed by atoms with Crippen molar-refractivity contribution in [2.75, 3.05) is 13.7 Å². The van der Waals surface area contributed by atoms with E-state index >= 15 is 0 Å². The molecule has 0 saturated heterocycles. The summed E-state index contributed by atoms with van der Waals surface area (Å²) >= 11 is 0. The molecule has 1 unspecified atom stereocenters. The third-order valence-corrected chi connectivity index (χ3v) is 3.65. The van der Waals surface area contributed by atoms with Crippen LogP contribution in [0.15, 0.2) is 48.5 Å². The van der Waals surface area contributed by atoms with Crippen molar-refractivity contribution in [1.29, 1.82) is 0 Å². The van der Waals surface area contributed by atoms with Gasteiger partial charge in [-0.25, -0.2) is 4.79 Å². The minimum Gasteiger partial charge on any atom is -0.497 e. The van der Waals surface area contributed by atoms with Gasteiger partial charge in [0.05, 0.1) is 19.8 Å². The lowest BCUT2D eigenvalue weighted by atomic mass is 10.1. The maximum Gasteiger partial charge on any atom is 0.315 e. The summed E-state index contributed by atoms with van der Waals surface area (Å²) in [5.41, 5.74) is 2.04. The van der Waals surface area contributed by atoms with Crippen LogP contribution in [0.3, 0.4) is 0 Å². The second kappa shape index (κ2) is 8.82. The van der Waals surface area contributed by atoms with Gasteiger partial charge in [0.25, 0.3) is 0 Å². The summed E-state index contributed by atoms with van der Waals surface area (Å²) in [6.45, 7) is 5.00. The summed E-state index contributed by atoms with van der Waals surface area (Å²) in [6, 6.07) is 15.0. The van der Waals surface area contributed by atoms with Crippen LogP contribution >= 0.6 is 0 Å². The van der Waals surface area contributed by atoms with Crippen molar-refractivity contribution < 1.29 is 14.3 Å². The Bertz CT molecular complexity index is 639. The van der Waals surface area contributed by atoms with Crippen molar-refractivity contribution >= 4 is 6.03 Å². The molecule has 0 bridgehead atoms. The number of benzene rings is 2. The average molecular weight is 328 g/mol. The van der Waals surface area contributed by atoms with Gasteiger partial charge in [-0.1, -0.05) is 24.3 Å². The van der Waals surface area contributed by atoms with Gasteiger partial charge in [0, 0.05) is 6.54 Å². The molecule has 0 aliphatic carbocycles. The van der Waals surface area contributed by atoms with E-state index in [1.165, 1.54) is 0 Å². The lowest BCUT2D eigenvalue weighted by Gasteiger charge is -2.15. The molecule has 0 aliphatic heterocycles. The van der Waals surface area contributed by atoms with E-state index in [0.29, 0.717) is 13.2 Å². The minimum atomic E-state index is -0.202. The summed E-state index contributed by atoms with van der Waals surface area (Å²) in [7, 11) is 1.63. The highest BCUT2D eigenvalue weighted by molar-refractivity contribution is 5.74. The molecule has 2 N–H and O–H groups in total. The third-order valence-electron chi connectivity index (χ3n) is 3.65. The summed E-state index contributed by atoms with van der Waals surface area (Å²) in [4.78, 5) is 12.0. The smallest absolute Gasteiger partial charge is 0.315 e. The number of carbonyl (C=O) groups excluding carboxylic acids is 1. The molecule has 5 nitrogen and oxygen atoms in total. The molecule has 2 amide bonds. The maximum absolute atomic E-state index is 12.0. The Morgan fingerprint density at radius 3 is 2.25 bits per heavy atom. The van der Waals surface area contributed by atoms with Gasteiger partial charge < -0.3 is 20.1 Å². The first kappa shape index (κ1) is 17.7. The van der Waals surface area contributed by atoms with Crippen LogP contribution in [0.25, 0.3) is 0 Å². The highest BCUT2D eigenvalue weighted by atomic mass is 16.5. The Morgan fingerprint density at radius 1 is 1.04 bits per heavy atom.